The lowest BCUT2D eigenvalue weighted by Gasteiger charge is -2.34. The van der Waals surface area contributed by atoms with Gasteiger partial charge < -0.3 is 15.5 Å². The number of aromatic hydroxyl groups is 1. The van der Waals surface area contributed by atoms with Crippen LogP contribution in [0.3, 0.4) is 0 Å². The van der Waals surface area contributed by atoms with E-state index in [0.29, 0.717) is 5.69 Å². The van der Waals surface area contributed by atoms with Crippen LogP contribution in [0.15, 0.2) is 18.2 Å². The molecule has 1 fully saturated rings. The Morgan fingerprint density at radius 2 is 2.14 bits per heavy atom. The van der Waals surface area contributed by atoms with Gasteiger partial charge >= 0.3 is 0 Å². The number of aryl methyl sites for hydroxylation is 1. The molecule has 0 aromatic heterocycles. The van der Waals surface area contributed by atoms with Gasteiger partial charge in [0.15, 0.2) is 0 Å². The molecular formula is C11H15NO2. The lowest BCUT2D eigenvalue weighted by Crippen LogP contribution is -2.42. The van der Waals surface area contributed by atoms with Gasteiger partial charge in [-0.2, -0.15) is 0 Å². The first-order valence-electron chi connectivity index (χ1n) is 4.91. The van der Waals surface area contributed by atoms with Crippen LogP contribution < -0.4 is 5.32 Å². The zero-order valence-electron chi connectivity index (χ0n) is 8.20. The molecule has 0 amide bonds. The Morgan fingerprint density at radius 1 is 1.36 bits per heavy atom. The zero-order chi connectivity index (χ0) is 10.1. The third kappa shape index (κ3) is 1.68. The van der Waals surface area contributed by atoms with Crippen LogP contribution in [0.4, 0.5) is 5.69 Å². The van der Waals surface area contributed by atoms with Crippen molar-refractivity contribution in [2.45, 2.75) is 31.9 Å². The number of phenolic OH excluding ortho intramolecular Hbond substituents is 1. The zero-order valence-corrected chi connectivity index (χ0v) is 8.20. The van der Waals surface area contributed by atoms with Gasteiger partial charge in [-0.25, -0.2) is 0 Å². The van der Waals surface area contributed by atoms with Crippen molar-refractivity contribution in [1.29, 1.82) is 0 Å². The summed E-state index contributed by atoms with van der Waals surface area (Å²) in [5, 5.41) is 22.1. The van der Waals surface area contributed by atoms with Crippen LogP contribution in [0.2, 0.25) is 0 Å². The van der Waals surface area contributed by atoms with Gasteiger partial charge in [0.1, 0.15) is 5.75 Å². The summed E-state index contributed by atoms with van der Waals surface area (Å²) >= 11 is 0. The molecule has 3 heteroatoms. The predicted octanol–water partition coefficient (Wildman–Crippen LogP) is 1.64. The van der Waals surface area contributed by atoms with Crippen LogP contribution in [0.25, 0.3) is 0 Å². The summed E-state index contributed by atoms with van der Waals surface area (Å²) in [6.45, 7) is 1.97. The van der Waals surface area contributed by atoms with Gasteiger partial charge in [0.2, 0.25) is 0 Å². The average molecular weight is 193 g/mol. The van der Waals surface area contributed by atoms with Crippen LogP contribution in [0.5, 0.6) is 5.75 Å². The Labute approximate surface area is 83.4 Å². The van der Waals surface area contributed by atoms with Gasteiger partial charge in [-0.1, -0.05) is 6.07 Å². The highest BCUT2D eigenvalue weighted by Gasteiger charge is 2.28. The molecule has 76 valence electrons. The first-order chi connectivity index (χ1) is 6.66. The van der Waals surface area contributed by atoms with Gasteiger partial charge in [-0.05, 0) is 37.5 Å². The molecule has 0 bridgehead atoms. The van der Waals surface area contributed by atoms with E-state index in [-0.39, 0.29) is 17.9 Å². The molecule has 2 atom stereocenters. The number of hydrogen-bond donors (Lipinski definition) is 3. The van der Waals surface area contributed by atoms with Crippen molar-refractivity contribution in [2.75, 3.05) is 5.32 Å². The fourth-order valence-corrected chi connectivity index (χ4v) is 1.62. The Bertz CT molecular complexity index is 338. The van der Waals surface area contributed by atoms with Crippen LogP contribution in [-0.2, 0) is 0 Å². The first kappa shape index (κ1) is 9.34. The summed E-state index contributed by atoms with van der Waals surface area (Å²) in [5.41, 5.74) is 1.81. The van der Waals surface area contributed by atoms with E-state index in [2.05, 4.69) is 5.32 Å². The van der Waals surface area contributed by atoms with Crippen molar-refractivity contribution < 1.29 is 10.2 Å². The van der Waals surface area contributed by atoms with E-state index in [1.54, 1.807) is 6.07 Å². The SMILES string of the molecule is Cc1ccc(O)c(N[C@@H]2CC[C@H]2O)c1. The number of nitrogens with one attached hydrogen (secondary N) is 1. The van der Waals surface area contributed by atoms with E-state index in [4.69, 9.17) is 0 Å². The molecule has 0 unspecified atom stereocenters. The largest absolute Gasteiger partial charge is 0.506 e. The van der Waals surface area contributed by atoms with Gasteiger partial charge in [0.05, 0.1) is 17.8 Å². The van der Waals surface area contributed by atoms with Crippen LogP contribution in [0, 0.1) is 6.92 Å². The standard InChI is InChI=1S/C11H15NO2/c1-7-2-4-11(14)9(6-7)12-8-3-5-10(8)13/h2,4,6,8,10,12-14H,3,5H2,1H3/t8-,10-/m1/s1. The van der Waals surface area contributed by atoms with Crippen LogP contribution in [0.1, 0.15) is 18.4 Å². The summed E-state index contributed by atoms with van der Waals surface area (Å²) in [6.07, 6.45) is 1.55. The molecule has 1 aliphatic rings. The van der Waals surface area contributed by atoms with E-state index in [1.165, 1.54) is 0 Å². The van der Waals surface area contributed by atoms with Gasteiger partial charge in [-0.3, -0.25) is 0 Å². The van der Waals surface area contributed by atoms with E-state index in [9.17, 15) is 10.2 Å². The molecule has 1 aliphatic carbocycles. The normalized spacial score (nSPS) is 25.6. The molecule has 14 heavy (non-hydrogen) atoms. The van der Waals surface area contributed by atoms with Crippen molar-refractivity contribution in [3.63, 3.8) is 0 Å². The van der Waals surface area contributed by atoms with E-state index in [0.717, 1.165) is 18.4 Å². The molecule has 0 spiro atoms. The average Bonchev–Trinajstić information content (AvgIpc) is 2.17. The van der Waals surface area contributed by atoms with Crippen molar-refractivity contribution >= 4 is 5.69 Å². The molecule has 0 radical (unpaired) electrons. The summed E-state index contributed by atoms with van der Waals surface area (Å²) in [7, 11) is 0. The minimum Gasteiger partial charge on any atom is -0.506 e. The Balaban J connectivity index is 2.11. The second kappa shape index (κ2) is 3.50. The highest BCUT2D eigenvalue weighted by atomic mass is 16.3. The maximum absolute atomic E-state index is 9.55. The Morgan fingerprint density at radius 3 is 2.71 bits per heavy atom. The molecule has 3 nitrogen and oxygen atoms in total. The van der Waals surface area contributed by atoms with E-state index < -0.39 is 0 Å². The maximum Gasteiger partial charge on any atom is 0.138 e. The summed E-state index contributed by atoms with van der Waals surface area (Å²) in [4.78, 5) is 0. The van der Waals surface area contributed by atoms with Crippen molar-refractivity contribution in [3.8, 4) is 5.75 Å². The van der Waals surface area contributed by atoms with Crippen LogP contribution in [-0.4, -0.2) is 22.4 Å². The highest BCUT2D eigenvalue weighted by molar-refractivity contribution is 5.58. The highest BCUT2D eigenvalue weighted by Crippen LogP contribution is 2.29. The van der Waals surface area contributed by atoms with E-state index in [1.807, 2.05) is 19.1 Å². The topological polar surface area (TPSA) is 52.5 Å². The lowest BCUT2D eigenvalue weighted by atomic mass is 9.89. The maximum atomic E-state index is 9.55. The van der Waals surface area contributed by atoms with Crippen molar-refractivity contribution in [2.24, 2.45) is 0 Å². The fraction of sp³-hybridized carbons (Fsp3) is 0.455. The number of aliphatic hydroxyl groups excluding tert-OH is 1. The second-order valence-electron chi connectivity index (χ2n) is 3.92. The number of anilines is 1. The molecule has 0 saturated heterocycles. The van der Waals surface area contributed by atoms with E-state index >= 15 is 0 Å². The summed E-state index contributed by atoms with van der Waals surface area (Å²) in [5.74, 6) is 0.245. The van der Waals surface area contributed by atoms with Crippen molar-refractivity contribution in [3.05, 3.63) is 23.8 Å². The molecular weight excluding hydrogens is 178 g/mol. The Kier molecular flexibility index (Phi) is 2.33. The minimum atomic E-state index is -0.269. The number of phenols is 1. The monoisotopic (exact) mass is 193 g/mol. The lowest BCUT2D eigenvalue weighted by molar-refractivity contribution is 0.0785. The minimum absolute atomic E-state index is 0.0997. The van der Waals surface area contributed by atoms with Crippen LogP contribution >= 0.6 is 0 Å². The third-order valence-electron chi connectivity index (χ3n) is 2.73. The number of benzene rings is 1. The quantitative estimate of drug-likeness (QED) is 0.626. The number of aliphatic hydroxyl groups is 1. The molecule has 2 rings (SSSR count). The second-order valence-corrected chi connectivity index (χ2v) is 3.92. The molecule has 1 aromatic rings. The summed E-state index contributed by atoms with van der Waals surface area (Å²) < 4.78 is 0. The van der Waals surface area contributed by atoms with Crippen molar-refractivity contribution in [1.82, 2.24) is 0 Å². The number of rotatable bonds is 2. The molecule has 1 aromatic carbocycles. The first-order valence-corrected chi connectivity index (χ1v) is 4.91. The predicted molar refractivity (Wildman–Crippen MR) is 55.5 cm³/mol. The van der Waals surface area contributed by atoms with Gasteiger partial charge in [-0.15, -0.1) is 0 Å². The molecule has 3 N–H and O–H groups in total. The third-order valence-corrected chi connectivity index (χ3v) is 2.73. The molecule has 1 saturated carbocycles. The Hall–Kier alpha value is -1.22. The number of hydrogen-bond acceptors (Lipinski definition) is 3. The van der Waals surface area contributed by atoms with Gasteiger partial charge in [0, 0.05) is 0 Å². The smallest absolute Gasteiger partial charge is 0.138 e. The molecule has 0 heterocycles. The molecule has 0 aliphatic heterocycles. The summed E-state index contributed by atoms with van der Waals surface area (Å²) in [6, 6.07) is 5.52. The van der Waals surface area contributed by atoms with Gasteiger partial charge in [0.25, 0.3) is 0 Å². The fourth-order valence-electron chi connectivity index (χ4n) is 1.62.